The first kappa shape index (κ1) is 14.8. The van der Waals surface area contributed by atoms with E-state index >= 15 is 0 Å². The highest BCUT2D eigenvalue weighted by Crippen LogP contribution is 2.39. The fraction of sp³-hybridized carbons (Fsp3) is 0.444. The van der Waals surface area contributed by atoms with Gasteiger partial charge in [-0.2, -0.15) is 0 Å². The van der Waals surface area contributed by atoms with Gasteiger partial charge in [-0.1, -0.05) is 37.3 Å². The molecule has 2 atom stereocenters. The van der Waals surface area contributed by atoms with Crippen LogP contribution in [0.3, 0.4) is 0 Å². The molecular weight excluding hydrogens is 306 g/mol. The predicted molar refractivity (Wildman–Crippen MR) is 92.3 cm³/mol. The summed E-state index contributed by atoms with van der Waals surface area (Å²) in [5.74, 6) is 0.876. The Morgan fingerprint density at radius 2 is 2.17 bits per heavy atom. The molecule has 1 aromatic heterocycles. The molecule has 0 bridgehead atoms. The van der Waals surface area contributed by atoms with Gasteiger partial charge in [0.2, 0.25) is 5.91 Å². The lowest BCUT2D eigenvalue weighted by Gasteiger charge is -2.25. The van der Waals surface area contributed by atoms with E-state index in [2.05, 4.69) is 52.5 Å². The first-order valence-corrected chi connectivity index (χ1v) is 9.06. The van der Waals surface area contributed by atoms with Crippen molar-refractivity contribution in [1.82, 2.24) is 9.88 Å². The summed E-state index contributed by atoms with van der Waals surface area (Å²) in [6, 6.07) is 10.6. The summed E-state index contributed by atoms with van der Waals surface area (Å²) in [7, 11) is 0. The number of hydrogen-bond acceptors (Lipinski definition) is 4. The minimum absolute atomic E-state index is 0.143. The fourth-order valence-electron chi connectivity index (χ4n) is 3.16. The van der Waals surface area contributed by atoms with Gasteiger partial charge in [0.1, 0.15) is 0 Å². The van der Waals surface area contributed by atoms with Gasteiger partial charge in [0, 0.05) is 36.9 Å². The third-order valence-electron chi connectivity index (χ3n) is 4.74. The second-order valence-electron chi connectivity index (χ2n) is 6.64. The van der Waals surface area contributed by atoms with Crippen molar-refractivity contribution in [2.75, 3.05) is 11.9 Å². The van der Waals surface area contributed by atoms with Crippen molar-refractivity contribution in [1.29, 1.82) is 0 Å². The third-order valence-corrected chi connectivity index (χ3v) is 5.73. The minimum atomic E-state index is 0.143. The number of anilines is 1. The van der Waals surface area contributed by atoms with Crippen molar-refractivity contribution in [3.63, 3.8) is 0 Å². The zero-order valence-corrected chi connectivity index (χ0v) is 14.1. The second kappa shape index (κ2) is 6.06. The molecule has 120 valence electrons. The fourth-order valence-corrected chi connectivity index (χ4v) is 4.22. The van der Waals surface area contributed by atoms with Crippen LogP contribution in [-0.2, 0) is 24.3 Å². The monoisotopic (exact) mass is 327 g/mol. The van der Waals surface area contributed by atoms with E-state index in [1.54, 1.807) is 11.3 Å². The van der Waals surface area contributed by atoms with E-state index in [1.807, 2.05) is 0 Å². The summed E-state index contributed by atoms with van der Waals surface area (Å²) in [5.41, 5.74) is 2.51. The smallest absolute Gasteiger partial charge is 0.229 e. The quantitative estimate of drug-likeness (QED) is 0.937. The van der Waals surface area contributed by atoms with Crippen LogP contribution in [0.1, 0.15) is 29.5 Å². The number of nitrogens with zero attached hydrogens (tertiary/aromatic N) is 2. The standard InChI is InChI=1S/C18H21N3OS/c1-12-9-14(12)17(22)20-18-19-15-7-8-21(11-16(15)23-18)10-13-5-3-2-4-6-13/h2-6,12,14H,7-11H2,1H3,(H,19,20,22). The average Bonchev–Trinajstić information content (AvgIpc) is 3.15. The molecule has 0 spiro atoms. The second-order valence-corrected chi connectivity index (χ2v) is 7.73. The Labute approximate surface area is 140 Å². The predicted octanol–water partition coefficient (Wildman–Crippen LogP) is 3.30. The van der Waals surface area contributed by atoms with Crippen LogP contribution < -0.4 is 5.32 Å². The number of aromatic nitrogens is 1. The molecule has 1 aliphatic carbocycles. The van der Waals surface area contributed by atoms with E-state index in [9.17, 15) is 4.79 Å². The van der Waals surface area contributed by atoms with Gasteiger partial charge in [0.25, 0.3) is 0 Å². The maximum atomic E-state index is 12.0. The molecule has 4 nitrogen and oxygen atoms in total. The van der Waals surface area contributed by atoms with Crippen molar-refractivity contribution in [2.45, 2.75) is 32.9 Å². The molecule has 1 aliphatic heterocycles. The van der Waals surface area contributed by atoms with E-state index in [0.717, 1.165) is 37.6 Å². The van der Waals surface area contributed by atoms with Crippen molar-refractivity contribution < 1.29 is 4.79 Å². The Morgan fingerprint density at radius 3 is 2.91 bits per heavy atom. The number of benzene rings is 1. The van der Waals surface area contributed by atoms with Gasteiger partial charge in [-0.3, -0.25) is 9.69 Å². The van der Waals surface area contributed by atoms with Gasteiger partial charge in [-0.15, -0.1) is 11.3 Å². The van der Waals surface area contributed by atoms with Crippen LogP contribution in [0, 0.1) is 11.8 Å². The van der Waals surface area contributed by atoms with E-state index < -0.39 is 0 Å². The van der Waals surface area contributed by atoms with Crippen LogP contribution in [0.4, 0.5) is 5.13 Å². The lowest BCUT2D eigenvalue weighted by molar-refractivity contribution is -0.117. The highest BCUT2D eigenvalue weighted by molar-refractivity contribution is 7.15. The molecule has 1 amide bonds. The van der Waals surface area contributed by atoms with Crippen LogP contribution in [0.25, 0.3) is 0 Å². The summed E-state index contributed by atoms with van der Waals surface area (Å²) in [6.45, 7) is 5.05. The number of carbonyl (C=O) groups is 1. The molecule has 0 radical (unpaired) electrons. The molecule has 1 aromatic carbocycles. The SMILES string of the molecule is CC1CC1C(=O)Nc1nc2c(s1)CN(Cc1ccccc1)CC2. The molecule has 4 rings (SSSR count). The van der Waals surface area contributed by atoms with Gasteiger partial charge in [-0.25, -0.2) is 4.98 Å². The Morgan fingerprint density at radius 1 is 1.39 bits per heavy atom. The highest BCUT2D eigenvalue weighted by atomic mass is 32.1. The molecule has 2 heterocycles. The number of rotatable bonds is 4. The maximum absolute atomic E-state index is 12.0. The van der Waals surface area contributed by atoms with Crippen molar-refractivity contribution >= 4 is 22.4 Å². The summed E-state index contributed by atoms with van der Waals surface area (Å²) >= 11 is 1.64. The molecule has 1 saturated carbocycles. The average molecular weight is 327 g/mol. The molecule has 0 saturated heterocycles. The number of carbonyl (C=O) groups excluding carboxylic acids is 1. The molecular formula is C18H21N3OS. The first-order chi connectivity index (χ1) is 11.2. The number of nitrogens with one attached hydrogen (secondary N) is 1. The Hall–Kier alpha value is -1.72. The molecule has 23 heavy (non-hydrogen) atoms. The van der Waals surface area contributed by atoms with E-state index in [1.165, 1.54) is 16.1 Å². The van der Waals surface area contributed by atoms with E-state index in [0.29, 0.717) is 5.92 Å². The summed E-state index contributed by atoms with van der Waals surface area (Å²) in [4.78, 5) is 20.4. The zero-order valence-electron chi connectivity index (χ0n) is 13.3. The van der Waals surface area contributed by atoms with Gasteiger partial charge < -0.3 is 5.32 Å². The normalized spacial score (nSPS) is 23.3. The third kappa shape index (κ3) is 3.31. The first-order valence-electron chi connectivity index (χ1n) is 8.25. The van der Waals surface area contributed by atoms with Gasteiger partial charge >= 0.3 is 0 Å². The molecule has 2 aliphatic rings. The van der Waals surface area contributed by atoms with Crippen LogP contribution >= 0.6 is 11.3 Å². The zero-order chi connectivity index (χ0) is 15.8. The Balaban J connectivity index is 1.40. The number of fused-ring (bicyclic) bond motifs is 1. The molecule has 2 unspecified atom stereocenters. The Bertz CT molecular complexity index is 712. The molecule has 1 fully saturated rings. The van der Waals surface area contributed by atoms with E-state index in [-0.39, 0.29) is 11.8 Å². The Kier molecular flexibility index (Phi) is 3.91. The largest absolute Gasteiger partial charge is 0.302 e. The summed E-state index contributed by atoms with van der Waals surface area (Å²) in [5, 5.41) is 3.78. The molecule has 2 aromatic rings. The van der Waals surface area contributed by atoms with Crippen molar-refractivity contribution in [3.05, 3.63) is 46.5 Å². The van der Waals surface area contributed by atoms with Gasteiger partial charge in [0.05, 0.1) is 5.69 Å². The summed E-state index contributed by atoms with van der Waals surface area (Å²) < 4.78 is 0. The highest BCUT2D eigenvalue weighted by Gasteiger charge is 2.39. The molecule has 5 heteroatoms. The number of amides is 1. The topological polar surface area (TPSA) is 45.2 Å². The van der Waals surface area contributed by atoms with E-state index in [4.69, 9.17) is 0 Å². The minimum Gasteiger partial charge on any atom is -0.302 e. The van der Waals surface area contributed by atoms with Crippen LogP contribution in [0.5, 0.6) is 0 Å². The lowest BCUT2D eigenvalue weighted by Crippen LogP contribution is -2.29. The number of hydrogen-bond donors (Lipinski definition) is 1. The van der Waals surface area contributed by atoms with Crippen molar-refractivity contribution in [3.8, 4) is 0 Å². The van der Waals surface area contributed by atoms with Gasteiger partial charge in [0.15, 0.2) is 5.13 Å². The number of thiazole rings is 1. The molecule has 1 N–H and O–H groups in total. The van der Waals surface area contributed by atoms with Crippen LogP contribution in [0.2, 0.25) is 0 Å². The lowest BCUT2D eigenvalue weighted by atomic mass is 10.1. The summed E-state index contributed by atoms with van der Waals surface area (Å²) in [6.07, 6.45) is 1.98. The van der Waals surface area contributed by atoms with Crippen LogP contribution in [-0.4, -0.2) is 22.3 Å². The van der Waals surface area contributed by atoms with Gasteiger partial charge in [-0.05, 0) is 17.9 Å². The van der Waals surface area contributed by atoms with Crippen LogP contribution in [0.15, 0.2) is 30.3 Å². The van der Waals surface area contributed by atoms with Crippen molar-refractivity contribution in [2.24, 2.45) is 11.8 Å². The maximum Gasteiger partial charge on any atom is 0.229 e.